The number of nitrogens with one attached hydrogen (secondary N) is 2. The van der Waals surface area contributed by atoms with Gasteiger partial charge in [-0.05, 0) is 37.2 Å². The van der Waals surface area contributed by atoms with Crippen LogP contribution in [0.2, 0.25) is 5.02 Å². The molecule has 168 valence electrons. The lowest BCUT2D eigenvalue weighted by Gasteiger charge is -2.25. The largest absolute Gasteiger partial charge is 0.480 e. The molecule has 2 N–H and O–H groups in total. The Balaban J connectivity index is 1.58. The van der Waals surface area contributed by atoms with Crippen molar-refractivity contribution in [2.75, 3.05) is 31.3 Å². The van der Waals surface area contributed by atoms with Crippen molar-refractivity contribution in [2.24, 2.45) is 7.05 Å². The van der Waals surface area contributed by atoms with Crippen molar-refractivity contribution in [1.82, 2.24) is 24.4 Å². The summed E-state index contributed by atoms with van der Waals surface area (Å²) in [5.74, 6) is 1.27. The zero-order chi connectivity index (χ0) is 22.8. The Hall–Kier alpha value is -3.17. The molecule has 0 unspecified atom stereocenters. The van der Waals surface area contributed by atoms with E-state index in [1.165, 1.54) is 6.20 Å². The monoisotopic (exact) mass is 455 g/mol. The van der Waals surface area contributed by atoms with Gasteiger partial charge < -0.3 is 24.8 Å². The average molecular weight is 456 g/mol. The molecule has 0 atom stereocenters. The molecular formula is C22H26ClN7O2. The standard InChI is InChI=1S/C22H26ClN7O2/c1-13-5-8-30(3)21(31)15(13)10-24-19-16(23)11-25-22(28-19)27-18-9-14-12-29(2)7-6-17(14)26-20(18)32-4/h5,8-9,11H,6-7,10,12H2,1-4H3,(H2,24,25,27,28). The number of pyridine rings is 2. The normalized spacial score (nSPS) is 13.5. The minimum absolute atomic E-state index is 0.0594. The Morgan fingerprint density at radius 1 is 1.28 bits per heavy atom. The number of methoxy groups -OCH3 is 1. The molecule has 3 aromatic rings. The van der Waals surface area contributed by atoms with Gasteiger partial charge in [0.15, 0.2) is 5.82 Å². The summed E-state index contributed by atoms with van der Waals surface area (Å²) in [6.07, 6.45) is 4.15. The first-order valence-electron chi connectivity index (χ1n) is 10.3. The lowest BCUT2D eigenvalue weighted by molar-refractivity contribution is 0.307. The second-order valence-corrected chi connectivity index (χ2v) is 8.31. The van der Waals surface area contributed by atoms with Crippen LogP contribution in [0.4, 0.5) is 17.5 Å². The number of ether oxygens (including phenoxy) is 1. The third-order valence-corrected chi connectivity index (χ3v) is 5.82. The maximum Gasteiger partial charge on any atom is 0.255 e. The maximum atomic E-state index is 12.4. The number of nitrogens with zero attached hydrogens (tertiary/aromatic N) is 5. The lowest BCUT2D eigenvalue weighted by Crippen LogP contribution is -2.27. The van der Waals surface area contributed by atoms with Gasteiger partial charge >= 0.3 is 0 Å². The molecular weight excluding hydrogens is 430 g/mol. The average Bonchev–Trinajstić information content (AvgIpc) is 2.77. The van der Waals surface area contributed by atoms with E-state index in [0.29, 0.717) is 40.5 Å². The number of aromatic nitrogens is 4. The van der Waals surface area contributed by atoms with E-state index in [4.69, 9.17) is 16.3 Å². The van der Waals surface area contributed by atoms with Crippen LogP contribution in [-0.2, 0) is 26.6 Å². The molecule has 4 heterocycles. The summed E-state index contributed by atoms with van der Waals surface area (Å²) in [7, 11) is 5.40. The second kappa shape index (κ2) is 9.13. The molecule has 9 nitrogen and oxygen atoms in total. The Labute approximate surface area is 191 Å². The van der Waals surface area contributed by atoms with Crippen LogP contribution in [-0.4, -0.2) is 45.1 Å². The molecule has 3 aromatic heterocycles. The van der Waals surface area contributed by atoms with Crippen LogP contribution in [0.3, 0.4) is 0 Å². The Morgan fingerprint density at radius 3 is 2.88 bits per heavy atom. The van der Waals surface area contributed by atoms with Crippen LogP contribution < -0.4 is 20.9 Å². The molecule has 0 fully saturated rings. The van der Waals surface area contributed by atoms with Gasteiger partial charge in [-0.3, -0.25) is 4.79 Å². The first-order chi connectivity index (χ1) is 15.4. The first kappa shape index (κ1) is 22.0. The molecule has 10 heteroatoms. The lowest BCUT2D eigenvalue weighted by atomic mass is 10.1. The van der Waals surface area contributed by atoms with Crippen molar-refractivity contribution in [3.8, 4) is 5.88 Å². The van der Waals surface area contributed by atoms with Gasteiger partial charge in [-0.2, -0.15) is 4.98 Å². The molecule has 0 spiro atoms. The summed E-state index contributed by atoms with van der Waals surface area (Å²) < 4.78 is 7.03. The fraction of sp³-hybridized carbons (Fsp3) is 0.364. The van der Waals surface area contributed by atoms with Crippen molar-refractivity contribution in [2.45, 2.75) is 26.4 Å². The van der Waals surface area contributed by atoms with Gasteiger partial charge in [0.05, 0.1) is 19.0 Å². The van der Waals surface area contributed by atoms with E-state index in [1.807, 2.05) is 19.1 Å². The SMILES string of the molecule is COc1nc2c(cc1Nc1ncc(Cl)c(NCc3c(C)ccn(C)c3=O)n1)CN(C)CC2. The summed E-state index contributed by atoms with van der Waals surface area (Å²) in [6.45, 7) is 3.99. The van der Waals surface area contributed by atoms with Crippen molar-refractivity contribution in [3.63, 3.8) is 0 Å². The van der Waals surface area contributed by atoms with Crippen molar-refractivity contribution >= 4 is 29.1 Å². The summed E-state index contributed by atoms with van der Waals surface area (Å²) in [5.41, 5.74) is 4.37. The highest BCUT2D eigenvalue weighted by atomic mass is 35.5. The molecule has 0 radical (unpaired) electrons. The van der Waals surface area contributed by atoms with Gasteiger partial charge in [-0.15, -0.1) is 0 Å². The van der Waals surface area contributed by atoms with Gasteiger partial charge in [0, 0.05) is 44.9 Å². The van der Waals surface area contributed by atoms with Crippen LogP contribution in [0.1, 0.15) is 22.4 Å². The van der Waals surface area contributed by atoms with E-state index < -0.39 is 0 Å². The minimum atomic E-state index is -0.0594. The zero-order valence-electron chi connectivity index (χ0n) is 18.6. The Morgan fingerprint density at radius 2 is 2.09 bits per heavy atom. The van der Waals surface area contributed by atoms with Crippen LogP contribution in [0, 0.1) is 6.92 Å². The van der Waals surface area contributed by atoms with Gasteiger partial charge in [0.1, 0.15) is 10.7 Å². The highest BCUT2D eigenvalue weighted by Crippen LogP contribution is 2.30. The topological polar surface area (TPSA) is 97.2 Å². The van der Waals surface area contributed by atoms with E-state index in [-0.39, 0.29) is 5.56 Å². The van der Waals surface area contributed by atoms with Gasteiger partial charge in [0.25, 0.3) is 5.56 Å². The summed E-state index contributed by atoms with van der Waals surface area (Å²) in [6, 6.07) is 3.93. The van der Waals surface area contributed by atoms with Crippen LogP contribution >= 0.6 is 11.6 Å². The molecule has 1 aliphatic rings. The maximum absolute atomic E-state index is 12.4. The molecule has 1 aliphatic heterocycles. The van der Waals surface area contributed by atoms with E-state index in [0.717, 1.165) is 36.3 Å². The summed E-state index contributed by atoms with van der Waals surface area (Å²) in [4.78, 5) is 28.1. The Kier molecular flexibility index (Phi) is 6.29. The summed E-state index contributed by atoms with van der Waals surface area (Å²) >= 11 is 6.30. The number of hydrogen-bond donors (Lipinski definition) is 2. The molecule has 0 bridgehead atoms. The van der Waals surface area contributed by atoms with Crippen LogP contribution in [0.15, 0.2) is 29.3 Å². The minimum Gasteiger partial charge on any atom is -0.480 e. The highest BCUT2D eigenvalue weighted by Gasteiger charge is 2.19. The highest BCUT2D eigenvalue weighted by molar-refractivity contribution is 6.32. The Bertz CT molecular complexity index is 1210. The predicted octanol–water partition coefficient (Wildman–Crippen LogP) is 2.88. The molecule has 4 rings (SSSR count). The van der Waals surface area contributed by atoms with Gasteiger partial charge in [0.2, 0.25) is 11.8 Å². The smallest absolute Gasteiger partial charge is 0.255 e. The predicted molar refractivity (Wildman–Crippen MR) is 125 cm³/mol. The number of hydrogen-bond acceptors (Lipinski definition) is 8. The molecule has 0 aromatic carbocycles. The number of aryl methyl sites for hydroxylation is 2. The van der Waals surface area contributed by atoms with E-state index in [9.17, 15) is 4.79 Å². The van der Waals surface area contributed by atoms with Crippen LogP contribution in [0.25, 0.3) is 0 Å². The molecule has 32 heavy (non-hydrogen) atoms. The van der Waals surface area contributed by atoms with Crippen LogP contribution in [0.5, 0.6) is 5.88 Å². The number of fused-ring (bicyclic) bond motifs is 1. The number of halogens is 1. The number of anilines is 3. The van der Waals surface area contributed by atoms with Gasteiger partial charge in [-0.25, -0.2) is 9.97 Å². The van der Waals surface area contributed by atoms with E-state index in [1.54, 1.807) is 24.9 Å². The zero-order valence-corrected chi connectivity index (χ0v) is 19.3. The van der Waals surface area contributed by atoms with Crippen molar-refractivity contribution < 1.29 is 4.74 Å². The van der Waals surface area contributed by atoms with E-state index >= 15 is 0 Å². The fourth-order valence-electron chi connectivity index (χ4n) is 3.67. The quantitative estimate of drug-likeness (QED) is 0.585. The number of rotatable bonds is 6. The molecule has 0 aliphatic carbocycles. The third kappa shape index (κ3) is 4.53. The van der Waals surface area contributed by atoms with Crippen molar-refractivity contribution in [3.05, 3.63) is 62.3 Å². The molecule has 0 saturated heterocycles. The second-order valence-electron chi connectivity index (χ2n) is 7.90. The summed E-state index contributed by atoms with van der Waals surface area (Å²) in [5, 5.41) is 6.71. The number of likely N-dealkylation sites (N-methyl/N-ethyl adjacent to an activating group) is 1. The third-order valence-electron chi connectivity index (χ3n) is 5.55. The molecule has 0 amide bonds. The van der Waals surface area contributed by atoms with Gasteiger partial charge in [-0.1, -0.05) is 11.6 Å². The van der Waals surface area contributed by atoms with E-state index in [2.05, 4.69) is 37.5 Å². The fourth-order valence-corrected chi connectivity index (χ4v) is 3.83. The first-order valence-corrected chi connectivity index (χ1v) is 10.7. The molecule has 0 saturated carbocycles. The van der Waals surface area contributed by atoms with Crippen molar-refractivity contribution in [1.29, 1.82) is 0 Å².